The molecule has 3 rings (SSSR count). The molecular formula is C22H26N2. The number of aryl methyl sites for hydroxylation is 2. The van der Waals surface area contributed by atoms with Gasteiger partial charge in [0.1, 0.15) is 0 Å². The molecule has 1 heterocycles. The van der Waals surface area contributed by atoms with Crippen molar-refractivity contribution in [3.8, 4) is 16.9 Å². The van der Waals surface area contributed by atoms with Gasteiger partial charge in [-0.2, -0.15) is 5.10 Å². The van der Waals surface area contributed by atoms with Crippen LogP contribution in [0.5, 0.6) is 0 Å². The Balaban J connectivity index is 1.96. The van der Waals surface area contributed by atoms with E-state index < -0.39 is 0 Å². The molecule has 1 aromatic heterocycles. The maximum absolute atomic E-state index is 4.69. The standard InChI is InChI=1S/C22H26N2/c1-16-6-12-20(13-7-16)24-21(14-17(2)23-24)19-10-8-18(9-11-19)15-22(3,4)5/h6-14H,15H2,1-5H3. The van der Waals surface area contributed by atoms with Gasteiger partial charge in [-0.05, 0) is 49.4 Å². The second-order valence-corrected chi connectivity index (χ2v) is 7.85. The summed E-state index contributed by atoms with van der Waals surface area (Å²) in [6.45, 7) is 11.0. The summed E-state index contributed by atoms with van der Waals surface area (Å²) in [5.74, 6) is 0. The van der Waals surface area contributed by atoms with Gasteiger partial charge in [-0.3, -0.25) is 0 Å². The zero-order valence-electron chi connectivity index (χ0n) is 15.3. The zero-order chi connectivity index (χ0) is 17.3. The van der Waals surface area contributed by atoms with Gasteiger partial charge in [0.05, 0.1) is 17.1 Å². The van der Waals surface area contributed by atoms with Crippen LogP contribution in [-0.4, -0.2) is 9.78 Å². The number of hydrogen-bond donors (Lipinski definition) is 0. The fourth-order valence-corrected chi connectivity index (χ4v) is 2.99. The first kappa shape index (κ1) is 16.5. The van der Waals surface area contributed by atoms with Gasteiger partial charge in [0.25, 0.3) is 0 Å². The highest BCUT2D eigenvalue weighted by Gasteiger charge is 2.13. The minimum absolute atomic E-state index is 0.307. The van der Waals surface area contributed by atoms with Crippen molar-refractivity contribution in [2.24, 2.45) is 5.41 Å². The Hall–Kier alpha value is -2.35. The van der Waals surface area contributed by atoms with E-state index in [0.717, 1.165) is 23.5 Å². The predicted octanol–water partition coefficient (Wildman–Crippen LogP) is 5.74. The molecule has 2 heteroatoms. The molecule has 0 spiro atoms. The monoisotopic (exact) mass is 318 g/mol. The van der Waals surface area contributed by atoms with E-state index in [2.05, 4.69) is 87.4 Å². The van der Waals surface area contributed by atoms with Crippen molar-refractivity contribution >= 4 is 0 Å². The lowest BCUT2D eigenvalue weighted by Gasteiger charge is -2.18. The molecule has 0 aliphatic heterocycles. The number of aromatic nitrogens is 2. The quantitative estimate of drug-likeness (QED) is 0.601. The summed E-state index contributed by atoms with van der Waals surface area (Å²) in [7, 11) is 0. The van der Waals surface area contributed by atoms with Crippen molar-refractivity contribution in [2.75, 3.05) is 0 Å². The number of hydrogen-bond acceptors (Lipinski definition) is 1. The third-order valence-electron chi connectivity index (χ3n) is 4.09. The van der Waals surface area contributed by atoms with Gasteiger partial charge in [0.15, 0.2) is 0 Å². The van der Waals surface area contributed by atoms with Gasteiger partial charge in [0, 0.05) is 5.56 Å². The molecule has 0 fully saturated rings. The van der Waals surface area contributed by atoms with Crippen LogP contribution in [-0.2, 0) is 6.42 Å². The lowest BCUT2D eigenvalue weighted by Crippen LogP contribution is -2.08. The average Bonchev–Trinajstić information content (AvgIpc) is 2.89. The molecule has 24 heavy (non-hydrogen) atoms. The third kappa shape index (κ3) is 3.76. The number of nitrogens with zero attached hydrogens (tertiary/aromatic N) is 2. The highest BCUT2D eigenvalue weighted by molar-refractivity contribution is 5.63. The topological polar surface area (TPSA) is 17.8 Å². The fourth-order valence-electron chi connectivity index (χ4n) is 2.99. The van der Waals surface area contributed by atoms with E-state index in [1.54, 1.807) is 0 Å². The zero-order valence-corrected chi connectivity index (χ0v) is 15.3. The van der Waals surface area contributed by atoms with Crippen LogP contribution in [0.15, 0.2) is 54.6 Å². The molecule has 0 N–H and O–H groups in total. The molecule has 124 valence electrons. The molecule has 0 bridgehead atoms. The molecule has 2 nitrogen and oxygen atoms in total. The molecule has 0 aliphatic rings. The first-order chi connectivity index (χ1) is 11.3. The van der Waals surface area contributed by atoms with Crippen LogP contribution in [0.4, 0.5) is 0 Å². The predicted molar refractivity (Wildman–Crippen MR) is 102 cm³/mol. The minimum atomic E-state index is 0.307. The van der Waals surface area contributed by atoms with Gasteiger partial charge in [0.2, 0.25) is 0 Å². The molecule has 0 unspecified atom stereocenters. The molecule has 0 atom stereocenters. The highest BCUT2D eigenvalue weighted by atomic mass is 15.3. The molecule has 3 aromatic rings. The summed E-state index contributed by atoms with van der Waals surface area (Å²) >= 11 is 0. The Morgan fingerprint density at radius 2 is 1.50 bits per heavy atom. The third-order valence-corrected chi connectivity index (χ3v) is 4.09. The van der Waals surface area contributed by atoms with Gasteiger partial charge in [-0.15, -0.1) is 0 Å². The van der Waals surface area contributed by atoms with Gasteiger partial charge in [-0.25, -0.2) is 4.68 Å². The summed E-state index contributed by atoms with van der Waals surface area (Å²) < 4.78 is 2.04. The normalized spacial score (nSPS) is 11.7. The van der Waals surface area contributed by atoms with E-state index in [1.807, 2.05) is 11.6 Å². The van der Waals surface area contributed by atoms with E-state index in [4.69, 9.17) is 0 Å². The highest BCUT2D eigenvalue weighted by Crippen LogP contribution is 2.26. The van der Waals surface area contributed by atoms with Crippen LogP contribution in [0.1, 0.15) is 37.6 Å². The van der Waals surface area contributed by atoms with E-state index in [-0.39, 0.29) is 0 Å². The van der Waals surface area contributed by atoms with Gasteiger partial charge in [-0.1, -0.05) is 62.7 Å². The van der Waals surface area contributed by atoms with Crippen LogP contribution in [0, 0.1) is 19.3 Å². The van der Waals surface area contributed by atoms with Gasteiger partial charge < -0.3 is 0 Å². The molecule has 0 aliphatic carbocycles. The summed E-state index contributed by atoms with van der Waals surface area (Å²) in [5.41, 5.74) is 7.42. The van der Waals surface area contributed by atoms with Crippen molar-refractivity contribution in [2.45, 2.75) is 41.0 Å². The van der Waals surface area contributed by atoms with Crippen LogP contribution in [0.3, 0.4) is 0 Å². The lowest BCUT2D eigenvalue weighted by atomic mass is 9.88. The van der Waals surface area contributed by atoms with Gasteiger partial charge >= 0.3 is 0 Å². The second kappa shape index (κ2) is 6.27. The Morgan fingerprint density at radius 1 is 0.875 bits per heavy atom. The number of benzene rings is 2. The molecule has 2 aromatic carbocycles. The smallest absolute Gasteiger partial charge is 0.0743 e. The van der Waals surface area contributed by atoms with E-state index in [1.165, 1.54) is 16.7 Å². The molecular weight excluding hydrogens is 292 g/mol. The van der Waals surface area contributed by atoms with Crippen molar-refractivity contribution in [1.29, 1.82) is 0 Å². The van der Waals surface area contributed by atoms with Crippen LogP contribution >= 0.6 is 0 Å². The van der Waals surface area contributed by atoms with Crippen molar-refractivity contribution in [3.63, 3.8) is 0 Å². The summed E-state index contributed by atoms with van der Waals surface area (Å²) in [6.07, 6.45) is 1.09. The Bertz CT molecular complexity index is 816. The molecule has 0 amide bonds. The fraction of sp³-hybridized carbons (Fsp3) is 0.318. The Kier molecular flexibility index (Phi) is 4.31. The van der Waals surface area contributed by atoms with Crippen LogP contribution in [0.2, 0.25) is 0 Å². The Morgan fingerprint density at radius 3 is 2.08 bits per heavy atom. The second-order valence-electron chi connectivity index (χ2n) is 7.85. The van der Waals surface area contributed by atoms with Crippen molar-refractivity contribution in [3.05, 3.63) is 71.4 Å². The molecule has 0 radical (unpaired) electrons. The van der Waals surface area contributed by atoms with Crippen LogP contribution < -0.4 is 0 Å². The Labute approximate surface area is 145 Å². The van der Waals surface area contributed by atoms with E-state index in [0.29, 0.717) is 5.41 Å². The average molecular weight is 318 g/mol. The maximum Gasteiger partial charge on any atom is 0.0743 e. The maximum atomic E-state index is 4.69. The SMILES string of the molecule is Cc1ccc(-n2nc(C)cc2-c2ccc(CC(C)(C)C)cc2)cc1. The first-order valence-electron chi connectivity index (χ1n) is 8.55. The van der Waals surface area contributed by atoms with Crippen molar-refractivity contribution in [1.82, 2.24) is 9.78 Å². The summed E-state index contributed by atoms with van der Waals surface area (Å²) in [5, 5.41) is 4.69. The van der Waals surface area contributed by atoms with Crippen LogP contribution in [0.25, 0.3) is 16.9 Å². The van der Waals surface area contributed by atoms with E-state index in [9.17, 15) is 0 Å². The summed E-state index contributed by atoms with van der Waals surface area (Å²) in [6, 6.07) is 19.6. The lowest BCUT2D eigenvalue weighted by molar-refractivity contribution is 0.411. The minimum Gasteiger partial charge on any atom is -0.233 e. The van der Waals surface area contributed by atoms with Crippen molar-refractivity contribution < 1.29 is 0 Å². The largest absolute Gasteiger partial charge is 0.233 e. The van der Waals surface area contributed by atoms with E-state index >= 15 is 0 Å². The summed E-state index contributed by atoms with van der Waals surface area (Å²) in [4.78, 5) is 0. The number of rotatable bonds is 3. The first-order valence-corrected chi connectivity index (χ1v) is 8.55. The molecule has 0 saturated carbocycles. The molecule has 0 saturated heterocycles.